The van der Waals surface area contributed by atoms with Gasteiger partial charge in [-0.2, -0.15) is 21.6 Å². The number of nitrogens with zero attached hydrogens (tertiary/aromatic N) is 1. The molecular formula is C13H8F3INO5S+. The number of nitro benzene ring substituents is 1. The van der Waals surface area contributed by atoms with Gasteiger partial charge in [0.25, 0.3) is 5.69 Å². The van der Waals surface area contributed by atoms with Crippen LogP contribution in [0.5, 0.6) is 0 Å². The molecule has 0 spiro atoms. The lowest BCUT2D eigenvalue weighted by Crippen LogP contribution is -3.61. The molecule has 0 heterocycles. The average Bonchev–Trinajstić information content (AvgIpc) is 2.52. The van der Waals surface area contributed by atoms with Gasteiger partial charge in [-0.25, -0.2) is 0 Å². The maximum absolute atomic E-state index is 12.9. The Balaban J connectivity index is 2.27. The molecule has 2 aromatic rings. The van der Waals surface area contributed by atoms with Gasteiger partial charge in [-0.15, -0.1) is 0 Å². The molecule has 0 bridgehead atoms. The number of hydrogen-bond acceptors (Lipinski definition) is 5. The molecular weight excluding hydrogens is 466 g/mol. The Labute approximate surface area is 145 Å². The monoisotopic (exact) mass is 474 g/mol. The molecule has 0 aromatic heterocycles. The van der Waals surface area contributed by atoms with E-state index in [1.165, 1.54) is 18.2 Å². The molecule has 0 atom stereocenters. The first-order valence-electron chi connectivity index (χ1n) is 6.10. The van der Waals surface area contributed by atoms with E-state index in [1.54, 1.807) is 0 Å². The normalized spacial score (nSPS) is 12.1. The zero-order chi connectivity index (χ0) is 18.0. The second kappa shape index (κ2) is 7.03. The highest BCUT2D eigenvalue weighted by Gasteiger charge is 2.39. The summed E-state index contributed by atoms with van der Waals surface area (Å²) in [5.74, 6) is 0. The molecule has 0 aliphatic rings. The van der Waals surface area contributed by atoms with Crippen molar-refractivity contribution in [2.45, 2.75) is 11.1 Å². The molecule has 0 amide bonds. The van der Waals surface area contributed by atoms with Crippen molar-refractivity contribution in [2.75, 3.05) is 0 Å². The molecule has 0 radical (unpaired) electrons. The lowest BCUT2D eigenvalue weighted by atomic mass is 10.2. The second-order valence-electron chi connectivity index (χ2n) is 4.33. The van der Waals surface area contributed by atoms with Crippen LogP contribution in [-0.2, 0) is 18.8 Å². The first-order chi connectivity index (χ1) is 11.1. The highest BCUT2D eigenvalue weighted by molar-refractivity contribution is 7.86. The Hall–Kier alpha value is -1.73. The van der Waals surface area contributed by atoms with Gasteiger partial charge in [0.15, 0.2) is 0 Å². The van der Waals surface area contributed by atoms with Gasteiger partial charge in [-0.1, -0.05) is 18.2 Å². The molecule has 2 aromatic carbocycles. The van der Waals surface area contributed by atoms with Gasteiger partial charge in [0.2, 0.25) is 3.57 Å². The van der Waals surface area contributed by atoms with Crippen LogP contribution in [-0.4, -0.2) is 13.3 Å². The third-order valence-electron chi connectivity index (χ3n) is 2.68. The molecule has 6 nitrogen and oxygen atoms in total. The minimum Gasteiger partial charge on any atom is -0.258 e. The van der Waals surface area contributed by atoms with Gasteiger partial charge < -0.3 is 0 Å². The highest BCUT2D eigenvalue weighted by atomic mass is 127. The van der Waals surface area contributed by atoms with Crippen LogP contribution in [0.25, 0.3) is 0 Å². The predicted octanol–water partition coefficient (Wildman–Crippen LogP) is 0.193. The minimum absolute atomic E-state index is 0.246. The topological polar surface area (TPSA) is 86.5 Å². The summed E-state index contributed by atoms with van der Waals surface area (Å²) >= 11 is -1.74. The van der Waals surface area contributed by atoms with E-state index < -0.39 is 53.3 Å². The number of halogens is 4. The zero-order valence-corrected chi connectivity index (χ0v) is 14.5. The molecule has 0 unspecified atom stereocenters. The van der Waals surface area contributed by atoms with Gasteiger partial charge in [-0.05, 0) is 20.7 Å². The van der Waals surface area contributed by atoms with Crippen molar-refractivity contribution in [3.05, 3.63) is 67.8 Å². The van der Waals surface area contributed by atoms with E-state index in [0.29, 0.717) is 6.07 Å². The van der Waals surface area contributed by atoms with E-state index in [9.17, 15) is 31.7 Å². The van der Waals surface area contributed by atoms with Crippen LogP contribution in [0, 0.1) is 13.7 Å². The minimum atomic E-state index is -4.85. The van der Waals surface area contributed by atoms with Gasteiger partial charge in [0.1, 0.15) is 4.90 Å². The Kier molecular flexibility index (Phi) is 5.45. The number of benzene rings is 2. The van der Waals surface area contributed by atoms with Crippen molar-refractivity contribution in [2.24, 2.45) is 0 Å². The Morgan fingerprint density at radius 1 is 1.08 bits per heavy atom. The van der Waals surface area contributed by atoms with Crippen LogP contribution in [0.3, 0.4) is 0 Å². The zero-order valence-electron chi connectivity index (χ0n) is 11.5. The maximum atomic E-state index is 12.9. The fourth-order valence-electron chi connectivity index (χ4n) is 1.67. The molecule has 0 saturated heterocycles. The SMILES string of the molecule is O=[N+]([O-])c1cccc([I+]OS(=O)(=O)c2ccccc2C(F)(F)F)c1. The largest absolute Gasteiger partial charge is 0.540 e. The molecule has 128 valence electrons. The molecule has 0 fully saturated rings. The van der Waals surface area contributed by atoms with Crippen molar-refractivity contribution >= 4 is 15.8 Å². The maximum Gasteiger partial charge on any atom is 0.540 e. The second-order valence-corrected chi connectivity index (χ2v) is 8.56. The van der Waals surface area contributed by atoms with E-state index in [4.69, 9.17) is 2.51 Å². The van der Waals surface area contributed by atoms with Crippen molar-refractivity contribution in [1.82, 2.24) is 0 Å². The fourth-order valence-corrected chi connectivity index (χ4v) is 5.30. The molecule has 11 heteroatoms. The summed E-state index contributed by atoms with van der Waals surface area (Å²) in [6.45, 7) is 0. The summed E-state index contributed by atoms with van der Waals surface area (Å²) in [6.07, 6.45) is -4.85. The van der Waals surface area contributed by atoms with Crippen LogP contribution in [0.4, 0.5) is 18.9 Å². The molecule has 0 aliphatic heterocycles. The Bertz CT molecular complexity index is 870. The Morgan fingerprint density at radius 3 is 2.38 bits per heavy atom. The van der Waals surface area contributed by atoms with Crippen LogP contribution >= 0.6 is 0 Å². The number of hydrogen-bond donors (Lipinski definition) is 0. The van der Waals surface area contributed by atoms with Crippen LogP contribution in [0.2, 0.25) is 0 Å². The molecule has 2 rings (SSSR count). The van der Waals surface area contributed by atoms with E-state index in [1.807, 2.05) is 0 Å². The van der Waals surface area contributed by atoms with Crippen molar-refractivity contribution < 1.29 is 50.6 Å². The average molecular weight is 474 g/mol. The van der Waals surface area contributed by atoms with Crippen LogP contribution in [0.1, 0.15) is 5.56 Å². The molecule has 24 heavy (non-hydrogen) atoms. The van der Waals surface area contributed by atoms with Crippen molar-refractivity contribution in [1.29, 1.82) is 0 Å². The first kappa shape index (κ1) is 18.6. The number of non-ortho nitro benzene ring substituents is 1. The standard InChI is InChI=1S/C13H8F3INO5S/c14-13(15,16)11-6-1-2-7-12(11)24(21,22)23-17-9-4-3-5-10(8-9)18(19)20/h1-8H/q+1. The van der Waals surface area contributed by atoms with Gasteiger partial charge in [-0.3, -0.25) is 10.1 Å². The summed E-state index contributed by atoms with van der Waals surface area (Å²) < 4.78 is 67.8. The molecule has 0 saturated carbocycles. The van der Waals surface area contributed by atoms with Gasteiger partial charge >= 0.3 is 37.9 Å². The van der Waals surface area contributed by atoms with E-state index >= 15 is 0 Å². The number of alkyl halides is 3. The summed E-state index contributed by atoms with van der Waals surface area (Å²) in [5, 5.41) is 10.7. The summed E-state index contributed by atoms with van der Waals surface area (Å²) in [7, 11) is -4.65. The van der Waals surface area contributed by atoms with Crippen LogP contribution in [0.15, 0.2) is 53.4 Å². The van der Waals surface area contributed by atoms with Gasteiger partial charge in [0, 0.05) is 6.07 Å². The third kappa shape index (κ3) is 4.42. The van der Waals surface area contributed by atoms with Crippen LogP contribution < -0.4 is 21.6 Å². The smallest absolute Gasteiger partial charge is 0.258 e. The van der Waals surface area contributed by atoms with Crippen molar-refractivity contribution in [3.63, 3.8) is 0 Å². The van der Waals surface area contributed by atoms with E-state index in [0.717, 1.165) is 24.3 Å². The summed E-state index contributed by atoms with van der Waals surface area (Å²) in [4.78, 5) is 9.01. The third-order valence-corrected chi connectivity index (χ3v) is 6.95. The predicted molar refractivity (Wildman–Crippen MR) is 71.5 cm³/mol. The van der Waals surface area contributed by atoms with E-state index in [2.05, 4.69) is 0 Å². The number of nitro groups is 1. The quantitative estimate of drug-likeness (QED) is 0.351. The first-order valence-corrected chi connectivity index (χ1v) is 9.47. The summed E-state index contributed by atoms with van der Waals surface area (Å²) in [6, 6.07) is 8.74. The highest BCUT2D eigenvalue weighted by Crippen LogP contribution is 2.34. The Morgan fingerprint density at radius 2 is 1.75 bits per heavy atom. The lowest BCUT2D eigenvalue weighted by Gasteiger charge is -2.09. The van der Waals surface area contributed by atoms with Crippen molar-refractivity contribution in [3.8, 4) is 0 Å². The number of rotatable bonds is 5. The fraction of sp³-hybridized carbons (Fsp3) is 0.0769. The van der Waals surface area contributed by atoms with Gasteiger partial charge in [0.05, 0.1) is 16.6 Å². The molecule has 0 N–H and O–H groups in total. The summed E-state index contributed by atoms with van der Waals surface area (Å²) in [5.41, 5.74) is -1.59. The lowest BCUT2D eigenvalue weighted by molar-refractivity contribution is -0.837. The molecule has 0 aliphatic carbocycles. The van der Waals surface area contributed by atoms with E-state index in [-0.39, 0.29) is 9.26 Å².